The Balaban J connectivity index is 2.89. The number of nitrogens with two attached hydrogens (primary N) is 1. The predicted molar refractivity (Wildman–Crippen MR) is 50.2 cm³/mol. The summed E-state index contributed by atoms with van der Waals surface area (Å²) in [4.78, 5) is 0. The molecule has 1 atom stereocenters. The normalized spacial score (nSPS) is 15.9. The fourth-order valence-corrected chi connectivity index (χ4v) is 1.23. The Morgan fingerprint density at radius 1 is 1.12 bits per heavy atom. The van der Waals surface area contributed by atoms with Gasteiger partial charge < -0.3 is 10.8 Å². The van der Waals surface area contributed by atoms with Crippen LogP contribution in [0.15, 0.2) is 24.3 Å². The standard InChI is InChI=1S/C10H11F4NO/c11-8-3-1-7(2-4-8)5-9(16,6-15)10(12,13)14/h1-4,16H,5-6,15H2. The number of halogens is 4. The molecule has 0 aliphatic carbocycles. The molecule has 0 saturated heterocycles. The third-order valence-electron chi connectivity index (χ3n) is 2.28. The van der Waals surface area contributed by atoms with Gasteiger partial charge in [-0.1, -0.05) is 12.1 Å². The van der Waals surface area contributed by atoms with E-state index < -0.39 is 30.6 Å². The molecule has 0 heterocycles. The molecular weight excluding hydrogens is 226 g/mol. The molecule has 0 aliphatic rings. The van der Waals surface area contributed by atoms with Crippen LogP contribution in [0.3, 0.4) is 0 Å². The molecule has 3 N–H and O–H groups in total. The van der Waals surface area contributed by atoms with E-state index in [1.165, 1.54) is 12.1 Å². The molecule has 16 heavy (non-hydrogen) atoms. The van der Waals surface area contributed by atoms with Gasteiger partial charge in [0.15, 0.2) is 5.60 Å². The SMILES string of the molecule is NCC(O)(Cc1ccc(F)cc1)C(F)(F)F. The third kappa shape index (κ3) is 2.70. The molecule has 0 spiro atoms. The lowest BCUT2D eigenvalue weighted by atomic mass is 9.94. The Hall–Kier alpha value is -1.14. The summed E-state index contributed by atoms with van der Waals surface area (Å²) in [6, 6.07) is 4.43. The number of aliphatic hydroxyl groups is 1. The van der Waals surface area contributed by atoms with Crippen LogP contribution in [0.4, 0.5) is 17.6 Å². The van der Waals surface area contributed by atoms with Gasteiger partial charge in [0.1, 0.15) is 5.82 Å². The second-order valence-corrected chi connectivity index (χ2v) is 3.54. The lowest BCUT2D eigenvalue weighted by molar-refractivity contribution is -0.255. The van der Waals surface area contributed by atoms with Gasteiger partial charge in [0.25, 0.3) is 0 Å². The molecule has 6 heteroatoms. The minimum Gasteiger partial charge on any atom is -0.379 e. The Labute approximate surface area is 89.7 Å². The topological polar surface area (TPSA) is 46.2 Å². The number of rotatable bonds is 3. The molecule has 0 bridgehead atoms. The van der Waals surface area contributed by atoms with Crippen molar-refractivity contribution in [2.75, 3.05) is 6.54 Å². The number of hydrogen-bond donors (Lipinski definition) is 2. The highest BCUT2D eigenvalue weighted by Gasteiger charge is 2.52. The Morgan fingerprint density at radius 2 is 1.62 bits per heavy atom. The Morgan fingerprint density at radius 3 is 2.00 bits per heavy atom. The number of benzene rings is 1. The van der Waals surface area contributed by atoms with Crippen molar-refractivity contribution in [1.82, 2.24) is 0 Å². The van der Waals surface area contributed by atoms with Crippen LogP contribution >= 0.6 is 0 Å². The van der Waals surface area contributed by atoms with Crippen LogP contribution in [0.1, 0.15) is 5.56 Å². The zero-order chi connectivity index (χ0) is 12.4. The first-order valence-corrected chi connectivity index (χ1v) is 4.52. The molecule has 0 fully saturated rings. The van der Waals surface area contributed by atoms with E-state index in [0.717, 1.165) is 12.1 Å². The minimum absolute atomic E-state index is 0.173. The monoisotopic (exact) mass is 237 g/mol. The van der Waals surface area contributed by atoms with Crippen molar-refractivity contribution in [3.63, 3.8) is 0 Å². The van der Waals surface area contributed by atoms with E-state index in [-0.39, 0.29) is 5.56 Å². The first-order chi connectivity index (χ1) is 7.28. The molecule has 0 amide bonds. The van der Waals surface area contributed by atoms with Gasteiger partial charge in [0, 0.05) is 13.0 Å². The van der Waals surface area contributed by atoms with Crippen LogP contribution in [0.25, 0.3) is 0 Å². The van der Waals surface area contributed by atoms with Gasteiger partial charge in [0.05, 0.1) is 0 Å². The minimum atomic E-state index is -4.81. The molecule has 1 aromatic rings. The van der Waals surface area contributed by atoms with Crippen molar-refractivity contribution < 1.29 is 22.7 Å². The van der Waals surface area contributed by atoms with E-state index in [1.807, 2.05) is 0 Å². The summed E-state index contributed by atoms with van der Waals surface area (Å²) in [5.74, 6) is -0.549. The van der Waals surface area contributed by atoms with E-state index in [9.17, 15) is 22.7 Å². The first kappa shape index (κ1) is 12.9. The number of alkyl halides is 3. The summed E-state index contributed by atoms with van der Waals surface area (Å²) < 4.78 is 49.9. The zero-order valence-corrected chi connectivity index (χ0v) is 8.26. The average molecular weight is 237 g/mol. The van der Waals surface area contributed by atoms with Gasteiger partial charge in [0.2, 0.25) is 0 Å². The van der Waals surface area contributed by atoms with E-state index in [2.05, 4.69) is 0 Å². The summed E-state index contributed by atoms with van der Waals surface area (Å²) in [6.07, 6.45) is -5.50. The maximum Gasteiger partial charge on any atom is 0.418 e. The van der Waals surface area contributed by atoms with Crippen molar-refractivity contribution in [1.29, 1.82) is 0 Å². The van der Waals surface area contributed by atoms with E-state index in [4.69, 9.17) is 5.73 Å². The van der Waals surface area contributed by atoms with Crippen LogP contribution in [-0.4, -0.2) is 23.4 Å². The average Bonchev–Trinajstić information content (AvgIpc) is 2.19. The molecule has 1 aromatic carbocycles. The Kier molecular flexibility index (Phi) is 3.54. The third-order valence-corrected chi connectivity index (χ3v) is 2.28. The molecular formula is C10H11F4NO. The smallest absolute Gasteiger partial charge is 0.379 e. The molecule has 1 unspecified atom stereocenters. The predicted octanol–water partition coefficient (Wildman–Crippen LogP) is 1.62. The summed E-state index contributed by atoms with van der Waals surface area (Å²) in [5, 5.41) is 9.34. The maximum absolute atomic E-state index is 12.5. The molecule has 0 radical (unpaired) electrons. The van der Waals surface area contributed by atoms with Gasteiger partial charge in [-0.3, -0.25) is 0 Å². The van der Waals surface area contributed by atoms with Crippen molar-refractivity contribution in [2.45, 2.75) is 18.2 Å². The van der Waals surface area contributed by atoms with E-state index >= 15 is 0 Å². The number of hydrogen-bond acceptors (Lipinski definition) is 2. The molecule has 0 aliphatic heterocycles. The largest absolute Gasteiger partial charge is 0.418 e. The summed E-state index contributed by atoms with van der Waals surface area (Å²) in [5.41, 5.74) is 2.13. The van der Waals surface area contributed by atoms with E-state index in [0.29, 0.717) is 0 Å². The maximum atomic E-state index is 12.5. The lowest BCUT2D eigenvalue weighted by Gasteiger charge is -2.29. The van der Waals surface area contributed by atoms with Gasteiger partial charge in [-0.05, 0) is 17.7 Å². The molecule has 1 rings (SSSR count). The van der Waals surface area contributed by atoms with Crippen molar-refractivity contribution in [2.24, 2.45) is 5.73 Å². The Bertz CT molecular complexity index is 349. The fourth-order valence-electron chi connectivity index (χ4n) is 1.23. The second kappa shape index (κ2) is 4.39. The molecule has 0 aromatic heterocycles. The molecule has 90 valence electrons. The summed E-state index contributed by atoms with van der Waals surface area (Å²) in [7, 11) is 0. The fraction of sp³-hybridized carbons (Fsp3) is 0.400. The zero-order valence-electron chi connectivity index (χ0n) is 8.26. The lowest BCUT2D eigenvalue weighted by Crippen LogP contribution is -2.52. The van der Waals surface area contributed by atoms with Crippen LogP contribution in [-0.2, 0) is 6.42 Å². The van der Waals surface area contributed by atoms with Crippen LogP contribution < -0.4 is 5.73 Å². The van der Waals surface area contributed by atoms with Crippen LogP contribution in [0.5, 0.6) is 0 Å². The highest BCUT2D eigenvalue weighted by molar-refractivity contribution is 5.19. The van der Waals surface area contributed by atoms with Gasteiger partial charge >= 0.3 is 6.18 Å². The first-order valence-electron chi connectivity index (χ1n) is 4.52. The highest BCUT2D eigenvalue weighted by Crippen LogP contribution is 2.32. The van der Waals surface area contributed by atoms with Crippen molar-refractivity contribution >= 4 is 0 Å². The van der Waals surface area contributed by atoms with Crippen molar-refractivity contribution in [3.05, 3.63) is 35.6 Å². The van der Waals surface area contributed by atoms with Gasteiger partial charge in [-0.25, -0.2) is 4.39 Å². The van der Waals surface area contributed by atoms with Gasteiger partial charge in [-0.2, -0.15) is 13.2 Å². The molecule has 0 saturated carbocycles. The van der Waals surface area contributed by atoms with Crippen molar-refractivity contribution in [3.8, 4) is 0 Å². The summed E-state index contributed by atoms with van der Waals surface area (Å²) in [6.45, 7) is -0.937. The molecule has 2 nitrogen and oxygen atoms in total. The summed E-state index contributed by atoms with van der Waals surface area (Å²) >= 11 is 0. The van der Waals surface area contributed by atoms with E-state index in [1.54, 1.807) is 0 Å². The van der Waals surface area contributed by atoms with Crippen LogP contribution in [0, 0.1) is 5.82 Å². The highest BCUT2D eigenvalue weighted by atomic mass is 19.4. The second-order valence-electron chi connectivity index (χ2n) is 3.54. The van der Waals surface area contributed by atoms with Crippen LogP contribution in [0.2, 0.25) is 0 Å². The van der Waals surface area contributed by atoms with Gasteiger partial charge in [-0.15, -0.1) is 0 Å². The quantitative estimate of drug-likeness (QED) is 0.785.